The summed E-state index contributed by atoms with van der Waals surface area (Å²) in [5, 5.41) is 2.88. The van der Waals surface area contributed by atoms with Crippen LogP contribution in [-0.4, -0.2) is 26.7 Å². The molecule has 21 heavy (non-hydrogen) atoms. The van der Waals surface area contributed by atoms with Crippen LogP contribution in [0.5, 0.6) is 11.5 Å². The van der Waals surface area contributed by atoms with Gasteiger partial charge in [-0.2, -0.15) is 0 Å². The number of nitrogens with one attached hydrogen (secondary N) is 1. The summed E-state index contributed by atoms with van der Waals surface area (Å²) < 4.78 is 10.4. The average Bonchev–Trinajstić information content (AvgIpc) is 2.52. The smallest absolute Gasteiger partial charge is 0.244 e. The Kier molecular flexibility index (Phi) is 8.02. The number of amides is 1. The van der Waals surface area contributed by atoms with E-state index in [1.165, 1.54) is 18.9 Å². The molecule has 0 fully saturated rings. The van der Waals surface area contributed by atoms with E-state index in [1.807, 2.05) is 18.2 Å². The zero-order chi connectivity index (χ0) is 15.5. The van der Waals surface area contributed by atoms with E-state index in [9.17, 15) is 4.79 Å². The lowest BCUT2D eigenvalue weighted by atomic mass is 10.1. The molecule has 0 aromatic heterocycles. The number of carbonyl (C=O) groups is 1. The van der Waals surface area contributed by atoms with Gasteiger partial charge in [0.1, 0.15) is 11.5 Å². The third-order valence-corrected chi connectivity index (χ3v) is 3.18. The summed E-state index contributed by atoms with van der Waals surface area (Å²) in [5.41, 5.74) is 0.818. The number of hydrogen-bond acceptors (Lipinski definition) is 3. The SMILES string of the molecule is CCCCCCNC(=O)/C=C/c1cc(OC)ccc1OC. The van der Waals surface area contributed by atoms with E-state index in [2.05, 4.69) is 12.2 Å². The number of methoxy groups -OCH3 is 2. The van der Waals surface area contributed by atoms with Crippen LogP contribution in [0.2, 0.25) is 0 Å². The lowest BCUT2D eigenvalue weighted by Gasteiger charge is -2.07. The number of benzene rings is 1. The molecular formula is C17H25NO3. The van der Waals surface area contributed by atoms with E-state index >= 15 is 0 Å². The van der Waals surface area contributed by atoms with Crippen LogP contribution in [0.1, 0.15) is 38.2 Å². The van der Waals surface area contributed by atoms with E-state index < -0.39 is 0 Å². The summed E-state index contributed by atoms with van der Waals surface area (Å²) in [6.45, 7) is 2.89. The summed E-state index contributed by atoms with van der Waals surface area (Å²) in [4.78, 5) is 11.7. The van der Waals surface area contributed by atoms with Gasteiger partial charge in [0.2, 0.25) is 5.91 Å². The van der Waals surface area contributed by atoms with Gasteiger partial charge in [0, 0.05) is 18.2 Å². The van der Waals surface area contributed by atoms with Crippen molar-refractivity contribution in [2.75, 3.05) is 20.8 Å². The van der Waals surface area contributed by atoms with Crippen molar-refractivity contribution in [1.29, 1.82) is 0 Å². The maximum Gasteiger partial charge on any atom is 0.244 e. The quantitative estimate of drug-likeness (QED) is 0.560. The molecule has 1 amide bonds. The van der Waals surface area contributed by atoms with Gasteiger partial charge in [-0.05, 0) is 30.7 Å². The van der Waals surface area contributed by atoms with Gasteiger partial charge in [-0.15, -0.1) is 0 Å². The van der Waals surface area contributed by atoms with E-state index in [0.717, 1.165) is 30.7 Å². The van der Waals surface area contributed by atoms with Crippen LogP contribution >= 0.6 is 0 Å². The van der Waals surface area contributed by atoms with Crippen molar-refractivity contribution >= 4 is 12.0 Å². The number of carbonyl (C=O) groups excluding carboxylic acids is 1. The second-order valence-corrected chi connectivity index (χ2v) is 4.79. The molecule has 0 saturated carbocycles. The molecular weight excluding hydrogens is 266 g/mol. The summed E-state index contributed by atoms with van der Waals surface area (Å²) in [6, 6.07) is 5.48. The lowest BCUT2D eigenvalue weighted by molar-refractivity contribution is -0.116. The van der Waals surface area contributed by atoms with Gasteiger partial charge in [-0.3, -0.25) is 4.79 Å². The van der Waals surface area contributed by atoms with Crippen molar-refractivity contribution in [2.24, 2.45) is 0 Å². The fourth-order valence-electron chi connectivity index (χ4n) is 1.96. The van der Waals surface area contributed by atoms with Gasteiger partial charge in [0.25, 0.3) is 0 Å². The molecule has 4 heteroatoms. The zero-order valence-electron chi connectivity index (χ0n) is 13.1. The van der Waals surface area contributed by atoms with Gasteiger partial charge in [-0.1, -0.05) is 26.2 Å². The van der Waals surface area contributed by atoms with Crippen LogP contribution in [0.3, 0.4) is 0 Å². The van der Waals surface area contributed by atoms with Crippen molar-refractivity contribution in [2.45, 2.75) is 32.6 Å². The Balaban J connectivity index is 2.53. The predicted octanol–water partition coefficient (Wildman–Crippen LogP) is 3.41. The summed E-state index contributed by atoms with van der Waals surface area (Å²) in [5.74, 6) is 1.36. The molecule has 1 N–H and O–H groups in total. The lowest BCUT2D eigenvalue weighted by Crippen LogP contribution is -2.21. The van der Waals surface area contributed by atoms with Crippen LogP contribution in [-0.2, 0) is 4.79 Å². The number of unbranched alkanes of at least 4 members (excludes halogenated alkanes) is 3. The standard InChI is InChI=1S/C17H25NO3/c1-4-5-6-7-12-18-17(19)11-8-14-13-15(20-2)9-10-16(14)21-3/h8-11,13H,4-7,12H2,1-3H3,(H,18,19)/b11-8+. The zero-order valence-corrected chi connectivity index (χ0v) is 13.1. The summed E-state index contributed by atoms with van der Waals surface area (Å²) in [7, 11) is 3.21. The van der Waals surface area contributed by atoms with E-state index in [-0.39, 0.29) is 5.91 Å². The molecule has 0 aliphatic carbocycles. The molecule has 1 aromatic carbocycles. The second-order valence-electron chi connectivity index (χ2n) is 4.79. The van der Waals surface area contributed by atoms with Gasteiger partial charge in [0.05, 0.1) is 14.2 Å². The highest BCUT2D eigenvalue weighted by atomic mass is 16.5. The van der Waals surface area contributed by atoms with E-state index in [1.54, 1.807) is 20.3 Å². The van der Waals surface area contributed by atoms with Gasteiger partial charge in [0.15, 0.2) is 0 Å². The third kappa shape index (κ3) is 6.34. The van der Waals surface area contributed by atoms with Crippen LogP contribution in [0.4, 0.5) is 0 Å². The van der Waals surface area contributed by atoms with Crippen LogP contribution in [0, 0.1) is 0 Å². The molecule has 0 atom stereocenters. The number of hydrogen-bond donors (Lipinski definition) is 1. The highest BCUT2D eigenvalue weighted by Crippen LogP contribution is 2.24. The fraction of sp³-hybridized carbons (Fsp3) is 0.471. The Hall–Kier alpha value is -1.97. The molecule has 0 saturated heterocycles. The van der Waals surface area contributed by atoms with Crippen molar-refractivity contribution < 1.29 is 14.3 Å². The summed E-state index contributed by atoms with van der Waals surface area (Å²) >= 11 is 0. The molecule has 4 nitrogen and oxygen atoms in total. The first-order valence-corrected chi connectivity index (χ1v) is 7.39. The largest absolute Gasteiger partial charge is 0.497 e. The van der Waals surface area contributed by atoms with Gasteiger partial charge < -0.3 is 14.8 Å². The first kappa shape index (κ1) is 17.1. The van der Waals surface area contributed by atoms with Crippen molar-refractivity contribution in [3.63, 3.8) is 0 Å². The molecule has 116 valence electrons. The van der Waals surface area contributed by atoms with Crippen LogP contribution in [0.15, 0.2) is 24.3 Å². The Labute approximate surface area is 127 Å². The second kappa shape index (κ2) is 9.86. The van der Waals surface area contributed by atoms with Crippen molar-refractivity contribution in [3.05, 3.63) is 29.8 Å². The molecule has 0 heterocycles. The minimum atomic E-state index is -0.0867. The Morgan fingerprint density at radius 1 is 1.19 bits per heavy atom. The highest BCUT2D eigenvalue weighted by Gasteiger charge is 2.02. The normalized spacial score (nSPS) is 10.6. The summed E-state index contributed by atoms with van der Waals surface area (Å²) in [6.07, 6.45) is 7.86. The minimum Gasteiger partial charge on any atom is -0.497 e. The molecule has 0 aliphatic rings. The minimum absolute atomic E-state index is 0.0867. The Morgan fingerprint density at radius 3 is 2.67 bits per heavy atom. The van der Waals surface area contributed by atoms with Gasteiger partial charge >= 0.3 is 0 Å². The number of rotatable bonds is 9. The Morgan fingerprint density at radius 2 is 2.00 bits per heavy atom. The van der Waals surface area contributed by atoms with Crippen molar-refractivity contribution in [1.82, 2.24) is 5.32 Å². The fourth-order valence-corrected chi connectivity index (χ4v) is 1.96. The van der Waals surface area contributed by atoms with Crippen LogP contribution < -0.4 is 14.8 Å². The first-order chi connectivity index (χ1) is 10.2. The van der Waals surface area contributed by atoms with E-state index in [4.69, 9.17) is 9.47 Å². The predicted molar refractivity (Wildman–Crippen MR) is 85.7 cm³/mol. The molecule has 1 rings (SSSR count). The molecule has 0 aliphatic heterocycles. The van der Waals surface area contributed by atoms with Crippen LogP contribution in [0.25, 0.3) is 6.08 Å². The number of ether oxygens (including phenoxy) is 2. The molecule has 0 unspecified atom stereocenters. The Bertz CT molecular complexity index is 469. The van der Waals surface area contributed by atoms with Gasteiger partial charge in [-0.25, -0.2) is 0 Å². The molecule has 0 bridgehead atoms. The first-order valence-electron chi connectivity index (χ1n) is 7.39. The molecule has 0 spiro atoms. The van der Waals surface area contributed by atoms with Crippen molar-refractivity contribution in [3.8, 4) is 11.5 Å². The topological polar surface area (TPSA) is 47.6 Å². The highest BCUT2D eigenvalue weighted by molar-refractivity contribution is 5.92. The maximum absolute atomic E-state index is 11.7. The molecule has 0 radical (unpaired) electrons. The van der Waals surface area contributed by atoms with E-state index in [0.29, 0.717) is 5.75 Å². The maximum atomic E-state index is 11.7. The average molecular weight is 291 g/mol. The third-order valence-electron chi connectivity index (χ3n) is 3.18. The monoisotopic (exact) mass is 291 g/mol. The molecule has 1 aromatic rings.